The molecule has 0 aliphatic rings. The van der Waals surface area contributed by atoms with Crippen molar-refractivity contribution in [2.24, 2.45) is 0 Å². The van der Waals surface area contributed by atoms with E-state index < -0.39 is 8.03 Å². The minimum Gasteiger partial charge on any atom is -0.147 e. The van der Waals surface area contributed by atoms with Gasteiger partial charge < -0.3 is 0 Å². The summed E-state index contributed by atoms with van der Waals surface area (Å²) in [5.41, 5.74) is 0. The van der Waals surface area contributed by atoms with E-state index >= 15 is 0 Å². The Morgan fingerprint density at radius 2 is 2.33 bits per heavy atom. The Kier molecular flexibility index (Phi) is 7.06. The van der Waals surface area contributed by atoms with Crippen LogP contribution in [0.4, 0.5) is 0 Å². The van der Waals surface area contributed by atoms with E-state index in [0.717, 1.165) is 11.8 Å². The summed E-state index contributed by atoms with van der Waals surface area (Å²) in [6, 6.07) is 0. The number of hydrogen-bond acceptors (Lipinski definition) is 2. The highest BCUT2D eigenvalue weighted by Gasteiger charge is 2.13. The first-order valence-electron chi connectivity index (χ1n) is 2.94. The fourth-order valence-electron chi connectivity index (χ4n) is 0.397. The zero-order chi connectivity index (χ0) is 7.11. The van der Waals surface area contributed by atoms with Gasteiger partial charge in [0.1, 0.15) is 0 Å². The highest BCUT2D eigenvalue weighted by molar-refractivity contribution is 9.09. The Labute approximate surface area is 65.0 Å². The molecule has 54 valence electrons. The average molecular weight is 214 g/mol. The summed E-state index contributed by atoms with van der Waals surface area (Å²) in [5.74, 6) is 0. The minimum atomic E-state index is -1.37. The molecule has 0 saturated carbocycles. The summed E-state index contributed by atoms with van der Waals surface area (Å²) in [5, 5.41) is 0.904. The molecule has 0 bridgehead atoms. The van der Waals surface area contributed by atoms with E-state index in [0.29, 0.717) is 12.8 Å². The van der Waals surface area contributed by atoms with Crippen LogP contribution in [0, 0.1) is 0 Å². The van der Waals surface area contributed by atoms with Crippen LogP contribution >= 0.6 is 24.0 Å². The van der Waals surface area contributed by atoms with Crippen molar-refractivity contribution < 1.29 is 9.09 Å². The highest BCUT2D eigenvalue weighted by atomic mass is 79.9. The summed E-state index contributed by atoms with van der Waals surface area (Å²) in [4.78, 5) is 0. The molecule has 0 aromatic heterocycles. The maximum absolute atomic E-state index is 10.7. The van der Waals surface area contributed by atoms with Gasteiger partial charge in [-0.05, 0) is 11.5 Å². The average Bonchev–Trinajstić information content (AvgIpc) is 1.85. The topological polar surface area (TPSA) is 26.3 Å². The smallest absolute Gasteiger partial charge is 0.147 e. The molecular weight excluding hydrogens is 203 g/mol. The van der Waals surface area contributed by atoms with Crippen molar-refractivity contribution in [2.45, 2.75) is 13.3 Å². The van der Waals surface area contributed by atoms with Gasteiger partial charge >= 0.3 is 8.03 Å². The summed E-state index contributed by atoms with van der Waals surface area (Å²) in [6.45, 7) is 2.40. The maximum atomic E-state index is 10.7. The lowest BCUT2D eigenvalue weighted by Gasteiger charge is -1.82. The van der Waals surface area contributed by atoms with Crippen LogP contribution in [0.3, 0.4) is 0 Å². The van der Waals surface area contributed by atoms with E-state index in [9.17, 15) is 4.57 Å². The Morgan fingerprint density at radius 1 is 1.67 bits per heavy atom. The van der Waals surface area contributed by atoms with E-state index in [4.69, 9.17) is 4.52 Å². The SMILES string of the molecule is CCO[P+](=O)CCCBr. The standard InChI is InChI=1S/C5H11BrO2P/c1-2-8-9(7)5-3-4-6/h2-5H2,1H3/q+1. The number of hydrogen-bond donors (Lipinski definition) is 0. The molecule has 0 aliphatic heterocycles. The third-order valence-corrected chi connectivity index (χ3v) is 2.54. The molecule has 0 spiro atoms. The molecule has 2 nitrogen and oxygen atoms in total. The van der Waals surface area contributed by atoms with Crippen LogP contribution in [-0.2, 0) is 9.09 Å². The van der Waals surface area contributed by atoms with Crippen LogP contribution in [0.15, 0.2) is 0 Å². The summed E-state index contributed by atoms with van der Waals surface area (Å²) < 4.78 is 15.5. The van der Waals surface area contributed by atoms with Gasteiger partial charge in [0.05, 0.1) is 6.61 Å². The molecule has 0 radical (unpaired) electrons. The molecule has 0 aliphatic carbocycles. The lowest BCUT2D eigenvalue weighted by atomic mass is 10.6. The first kappa shape index (κ1) is 9.54. The molecule has 4 heteroatoms. The molecule has 0 N–H and O–H groups in total. The predicted octanol–water partition coefficient (Wildman–Crippen LogP) is 2.55. The molecule has 9 heavy (non-hydrogen) atoms. The van der Waals surface area contributed by atoms with Gasteiger partial charge in [0.25, 0.3) is 0 Å². The Hall–Kier alpha value is 0.540. The van der Waals surface area contributed by atoms with Crippen LogP contribution in [0.1, 0.15) is 13.3 Å². The van der Waals surface area contributed by atoms with Crippen LogP contribution in [0.25, 0.3) is 0 Å². The van der Waals surface area contributed by atoms with Gasteiger partial charge in [-0.15, -0.1) is 4.52 Å². The van der Waals surface area contributed by atoms with Crippen LogP contribution in [0.2, 0.25) is 0 Å². The third-order valence-electron chi connectivity index (χ3n) is 0.747. The van der Waals surface area contributed by atoms with Crippen molar-refractivity contribution in [3.8, 4) is 0 Å². The lowest BCUT2D eigenvalue weighted by Crippen LogP contribution is -1.83. The fraction of sp³-hybridized carbons (Fsp3) is 1.00. The molecule has 0 heterocycles. The molecule has 0 aromatic carbocycles. The molecule has 0 fully saturated rings. The number of alkyl halides is 1. The largest absolute Gasteiger partial charge is 0.508 e. The first-order chi connectivity index (χ1) is 4.31. The van der Waals surface area contributed by atoms with Gasteiger partial charge in [0.2, 0.25) is 0 Å². The van der Waals surface area contributed by atoms with Crippen LogP contribution in [-0.4, -0.2) is 18.1 Å². The molecule has 0 rings (SSSR count). The zero-order valence-electron chi connectivity index (χ0n) is 5.47. The van der Waals surface area contributed by atoms with E-state index in [1.807, 2.05) is 6.92 Å². The second-order valence-electron chi connectivity index (χ2n) is 1.52. The van der Waals surface area contributed by atoms with Gasteiger partial charge in [0, 0.05) is 11.8 Å². The van der Waals surface area contributed by atoms with Crippen molar-refractivity contribution in [2.75, 3.05) is 18.1 Å². The summed E-state index contributed by atoms with van der Waals surface area (Å²) in [6.07, 6.45) is 1.60. The third kappa shape index (κ3) is 6.42. The molecule has 1 unspecified atom stereocenters. The van der Waals surface area contributed by atoms with Gasteiger partial charge in [0.15, 0.2) is 6.16 Å². The predicted molar refractivity (Wildman–Crippen MR) is 42.5 cm³/mol. The second-order valence-corrected chi connectivity index (χ2v) is 3.68. The minimum absolute atomic E-state index is 0.553. The van der Waals surface area contributed by atoms with Crippen molar-refractivity contribution in [3.05, 3.63) is 0 Å². The fourth-order valence-corrected chi connectivity index (χ4v) is 1.94. The van der Waals surface area contributed by atoms with E-state index in [1.54, 1.807) is 0 Å². The van der Waals surface area contributed by atoms with Crippen molar-refractivity contribution in [1.82, 2.24) is 0 Å². The van der Waals surface area contributed by atoms with Crippen molar-refractivity contribution in [1.29, 1.82) is 0 Å². The monoisotopic (exact) mass is 213 g/mol. The van der Waals surface area contributed by atoms with Crippen LogP contribution in [0.5, 0.6) is 0 Å². The van der Waals surface area contributed by atoms with Gasteiger partial charge in [-0.1, -0.05) is 15.9 Å². The summed E-state index contributed by atoms with van der Waals surface area (Å²) >= 11 is 3.24. The Bertz CT molecular complexity index is 87.0. The van der Waals surface area contributed by atoms with Crippen molar-refractivity contribution >= 4 is 24.0 Å². The van der Waals surface area contributed by atoms with Gasteiger partial charge in [-0.2, -0.15) is 0 Å². The zero-order valence-corrected chi connectivity index (χ0v) is 7.95. The van der Waals surface area contributed by atoms with E-state index in [2.05, 4.69) is 15.9 Å². The lowest BCUT2D eigenvalue weighted by molar-refractivity contribution is 0.350. The second kappa shape index (κ2) is 6.66. The molecule has 1 atom stereocenters. The number of halogens is 1. The highest BCUT2D eigenvalue weighted by Crippen LogP contribution is 2.22. The van der Waals surface area contributed by atoms with E-state index in [-0.39, 0.29) is 0 Å². The molecular formula is C5H11BrO2P+. The molecule has 0 saturated heterocycles. The van der Waals surface area contributed by atoms with Gasteiger partial charge in [-0.3, -0.25) is 0 Å². The van der Waals surface area contributed by atoms with Crippen LogP contribution < -0.4 is 0 Å². The molecule has 0 aromatic rings. The normalized spacial score (nSPS) is 11.6. The maximum Gasteiger partial charge on any atom is 0.508 e. The Balaban J connectivity index is 3.06. The first-order valence-corrected chi connectivity index (χ1v) is 5.43. The van der Waals surface area contributed by atoms with Gasteiger partial charge in [-0.25, -0.2) is 0 Å². The summed E-state index contributed by atoms with van der Waals surface area (Å²) in [7, 11) is -1.37. The van der Waals surface area contributed by atoms with E-state index in [1.165, 1.54) is 0 Å². The Morgan fingerprint density at radius 3 is 2.78 bits per heavy atom. The number of rotatable bonds is 5. The quantitative estimate of drug-likeness (QED) is 0.519. The van der Waals surface area contributed by atoms with Crippen molar-refractivity contribution in [3.63, 3.8) is 0 Å². The molecule has 0 amide bonds.